The number of benzene rings is 1. The van der Waals surface area contributed by atoms with Gasteiger partial charge in [-0.3, -0.25) is 4.90 Å². The highest BCUT2D eigenvalue weighted by molar-refractivity contribution is 5.28. The van der Waals surface area contributed by atoms with Gasteiger partial charge in [0.15, 0.2) is 23.2 Å². The van der Waals surface area contributed by atoms with Crippen molar-refractivity contribution in [2.24, 2.45) is 0 Å². The maximum Gasteiger partial charge on any atom is 0.206 e. The third-order valence-corrected chi connectivity index (χ3v) is 2.73. The molecular weight excluding hydrogens is 238 g/mol. The minimum absolute atomic E-state index is 0.282. The quantitative estimate of drug-likeness (QED) is 0.463. The number of halogens is 4. The molecule has 0 spiro atoms. The van der Waals surface area contributed by atoms with E-state index in [-0.39, 0.29) is 12.2 Å². The molecule has 0 atom stereocenters. The van der Waals surface area contributed by atoms with E-state index >= 15 is 0 Å². The van der Waals surface area contributed by atoms with Gasteiger partial charge >= 0.3 is 0 Å². The summed E-state index contributed by atoms with van der Waals surface area (Å²) in [6.45, 7) is 3.79. The molecule has 94 valence electrons. The molecule has 1 fully saturated rings. The average molecular weight is 249 g/mol. The highest BCUT2D eigenvalue weighted by Crippen LogP contribution is 2.28. The fourth-order valence-electron chi connectivity index (χ4n) is 1.68. The third kappa shape index (κ3) is 2.22. The lowest BCUT2D eigenvalue weighted by Crippen LogP contribution is -2.53. The maximum atomic E-state index is 13.2. The molecule has 2 rings (SSSR count). The van der Waals surface area contributed by atoms with E-state index in [1.54, 1.807) is 0 Å². The molecule has 0 radical (unpaired) electrons. The average Bonchev–Trinajstić information content (AvgIpc) is 2.23. The van der Waals surface area contributed by atoms with E-state index in [4.69, 9.17) is 4.74 Å². The SMILES string of the molecule is CCN1CC(Oc2c(F)cc(F)c(F)c2F)C1. The Labute approximate surface area is 95.8 Å². The predicted molar refractivity (Wildman–Crippen MR) is 52.8 cm³/mol. The number of likely N-dealkylation sites (tertiary alicyclic amines) is 1. The Hall–Kier alpha value is -1.30. The standard InChI is InChI=1S/C11H11F4NO/c1-2-16-4-6(5-16)17-11-8(13)3-7(12)9(14)10(11)15/h3,6H,2,4-5H2,1H3. The molecule has 0 bridgehead atoms. The van der Waals surface area contributed by atoms with E-state index in [1.165, 1.54) is 0 Å². The Morgan fingerprint density at radius 3 is 2.41 bits per heavy atom. The van der Waals surface area contributed by atoms with Crippen molar-refractivity contribution in [3.8, 4) is 5.75 Å². The van der Waals surface area contributed by atoms with Crippen molar-refractivity contribution in [3.05, 3.63) is 29.3 Å². The van der Waals surface area contributed by atoms with Crippen LogP contribution in [0, 0.1) is 23.3 Å². The highest BCUT2D eigenvalue weighted by atomic mass is 19.2. The first-order valence-electron chi connectivity index (χ1n) is 5.25. The second-order valence-corrected chi connectivity index (χ2v) is 3.89. The summed E-state index contributed by atoms with van der Waals surface area (Å²) in [5.74, 6) is -6.96. The van der Waals surface area contributed by atoms with Gasteiger partial charge in [0.1, 0.15) is 6.10 Å². The Morgan fingerprint density at radius 1 is 1.18 bits per heavy atom. The molecule has 1 saturated heterocycles. The van der Waals surface area contributed by atoms with Gasteiger partial charge in [0.25, 0.3) is 0 Å². The number of nitrogens with zero attached hydrogens (tertiary/aromatic N) is 1. The highest BCUT2D eigenvalue weighted by Gasteiger charge is 2.30. The summed E-state index contributed by atoms with van der Waals surface area (Å²) in [5, 5.41) is 0. The zero-order valence-corrected chi connectivity index (χ0v) is 9.14. The van der Waals surface area contributed by atoms with Crippen LogP contribution in [-0.2, 0) is 0 Å². The molecular formula is C11H11F4NO. The molecule has 0 saturated carbocycles. The molecule has 2 nitrogen and oxygen atoms in total. The Balaban J connectivity index is 2.14. The predicted octanol–water partition coefficient (Wildman–Crippen LogP) is 2.33. The molecule has 6 heteroatoms. The second kappa shape index (κ2) is 4.52. The number of rotatable bonds is 3. The summed E-state index contributed by atoms with van der Waals surface area (Å²) in [7, 11) is 0. The first kappa shape index (κ1) is 12.2. The normalized spacial score (nSPS) is 17.0. The van der Waals surface area contributed by atoms with Crippen molar-refractivity contribution >= 4 is 0 Å². The van der Waals surface area contributed by atoms with Crippen LogP contribution in [0.1, 0.15) is 6.92 Å². The number of likely N-dealkylation sites (N-methyl/N-ethyl adjacent to an activating group) is 1. The van der Waals surface area contributed by atoms with Crippen LogP contribution in [0.25, 0.3) is 0 Å². The molecule has 0 aromatic heterocycles. The van der Waals surface area contributed by atoms with Crippen LogP contribution >= 0.6 is 0 Å². The Morgan fingerprint density at radius 2 is 1.82 bits per heavy atom. The molecule has 0 N–H and O–H groups in total. The van der Waals surface area contributed by atoms with Gasteiger partial charge in [-0.2, -0.15) is 4.39 Å². The van der Waals surface area contributed by atoms with E-state index in [0.29, 0.717) is 13.1 Å². The van der Waals surface area contributed by atoms with Crippen LogP contribution in [0.5, 0.6) is 5.75 Å². The third-order valence-electron chi connectivity index (χ3n) is 2.73. The first-order valence-corrected chi connectivity index (χ1v) is 5.25. The van der Waals surface area contributed by atoms with Crippen molar-refractivity contribution < 1.29 is 22.3 Å². The van der Waals surface area contributed by atoms with Crippen molar-refractivity contribution in [3.63, 3.8) is 0 Å². The van der Waals surface area contributed by atoms with Crippen molar-refractivity contribution in [1.82, 2.24) is 4.90 Å². The molecule has 1 heterocycles. The van der Waals surface area contributed by atoms with Crippen molar-refractivity contribution in [2.75, 3.05) is 19.6 Å². The molecule has 0 amide bonds. The summed E-state index contributed by atoms with van der Waals surface area (Å²) >= 11 is 0. The van der Waals surface area contributed by atoms with Crippen LogP contribution in [0.2, 0.25) is 0 Å². The lowest BCUT2D eigenvalue weighted by Gasteiger charge is -2.38. The van der Waals surface area contributed by atoms with Gasteiger partial charge in [0.2, 0.25) is 5.82 Å². The largest absolute Gasteiger partial charge is 0.482 e. The van der Waals surface area contributed by atoms with E-state index in [9.17, 15) is 17.6 Å². The zero-order chi connectivity index (χ0) is 12.6. The van der Waals surface area contributed by atoms with E-state index in [1.807, 2.05) is 11.8 Å². The molecule has 0 unspecified atom stereocenters. The number of hydrogen-bond donors (Lipinski definition) is 0. The van der Waals surface area contributed by atoms with E-state index in [2.05, 4.69) is 0 Å². The molecule has 0 aliphatic carbocycles. The minimum Gasteiger partial charge on any atom is -0.482 e. The van der Waals surface area contributed by atoms with Gasteiger partial charge in [0, 0.05) is 19.2 Å². The maximum absolute atomic E-state index is 13.2. The van der Waals surface area contributed by atoms with Crippen LogP contribution in [-0.4, -0.2) is 30.6 Å². The van der Waals surface area contributed by atoms with Crippen molar-refractivity contribution in [1.29, 1.82) is 0 Å². The zero-order valence-electron chi connectivity index (χ0n) is 9.14. The van der Waals surface area contributed by atoms with Gasteiger partial charge in [-0.1, -0.05) is 6.92 Å². The van der Waals surface area contributed by atoms with Crippen LogP contribution in [0.15, 0.2) is 6.07 Å². The summed E-state index contributed by atoms with van der Waals surface area (Å²) in [5.41, 5.74) is 0. The fourth-order valence-corrected chi connectivity index (χ4v) is 1.68. The van der Waals surface area contributed by atoms with Crippen LogP contribution in [0.3, 0.4) is 0 Å². The summed E-state index contributed by atoms with van der Waals surface area (Å²) in [4.78, 5) is 1.99. The van der Waals surface area contributed by atoms with Crippen LogP contribution < -0.4 is 4.74 Å². The Kier molecular flexibility index (Phi) is 3.24. The lowest BCUT2D eigenvalue weighted by molar-refractivity contribution is 0.0182. The Bertz CT molecular complexity index is 432. The topological polar surface area (TPSA) is 12.5 Å². The summed E-state index contributed by atoms with van der Waals surface area (Å²) in [6, 6.07) is 0.282. The van der Waals surface area contributed by atoms with Crippen LogP contribution in [0.4, 0.5) is 17.6 Å². The monoisotopic (exact) mass is 249 g/mol. The smallest absolute Gasteiger partial charge is 0.206 e. The van der Waals surface area contributed by atoms with Gasteiger partial charge < -0.3 is 4.74 Å². The van der Waals surface area contributed by atoms with Gasteiger partial charge in [-0.15, -0.1) is 0 Å². The van der Waals surface area contributed by atoms with Gasteiger partial charge in [-0.25, -0.2) is 13.2 Å². The second-order valence-electron chi connectivity index (χ2n) is 3.89. The molecule has 1 aromatic rings. The fraction of sp³-hybridized carbons (Fsp3) is 0.455. The molecule has 1 aliphatic rings. The van der Waals surface area contributed by atoms with Gasteiger partial charge in [-0.05, 0) is 6.54 Å². The molecule has 1 aromatic carbocycles. The summed E-state index contributed by atoms with van der Waals surface area (Å²) < 4.78 is 56.9. The summed E-state index contributed by atoms with van der Waals surface area (Å²) in [6.07, 6.45) is -0.385. The molecule has 17 heavy (non-hydrogen) atoms. The lowest BCUT2D eigenvalue weighted by atomic mass is 10.1. The van der Waals surface area contributed by atoms with E-state index in [0.717, 1.165) is 6.54 Å². The van der Waals surface area contributed by atoms with Crippen molar-refractivity contribution in [2.45, 2.75) is 13.0 Å². The number of ether oxygens (including phenoxy) is 1. The first-order chi connectivity index (χ1) is 8.02. The molecule has 1 aliphatic heterocycles. The van der Waals surface area contributed by atoms with E-state index < -0.39 is 29.0 Å². The minimum atomic E-state index is -1.71. The van der Waals surface area contributed by atoms with Gasteiger partial charge in [0.05, 0.1) is 0 Å². The number of hydrogen-bond acceptors (Lipinski definition) is 2.